The lowest BCUT2D eigenvalue weighted by molar-refractivity contribution is 0.0933. The summed E-state index contributed by atoms with van der Waals surface area (Å²) in [6, 6.07) is 20.5. The van der Waals surface area contributed by atoms with Crippen LogP contribution in [0.1, 0.15) is 47.8 Å². The van der Waals surface area contributed by atoms with Crippen molar-refractivity contribution in [1.29, 1.82) is 0 Å². The van der Waals surface area contributed by atoms with Gasteiger partial charge < -0.3 is 10.1 Å². The lowest BCUT2D eigenvalue weighted by Crippen LogP contribution is -2.30. The number of para-hydroxylation sites is 1. The summed E-state index contributed by atoms with van der Waals surface area (Å²) in [5.41, 5.74) is 2.41. The Morgan fingerprint density at radius 3 is 2.18 bits per heavy atom. The number of anilines is 1. The Balaban J connectivity index is 1.86. The predicted octanol–water partition coefficient (Wildman–Crippen LogP) is 5.32. The van der Waals surface area contributed by atoms with Crippen molar-refractivity contribution in [3.8, 4) is 5.75 Å². The van der Waals surface area contributed by atoms with Gasteiger partial charge in [0.05, 0.1) is 29.3 Å². The molecular formula is C26H30N2O4S. The van der Waals surface area contributed by atoms with Gasteiger partial charge in [-0.25, -0.2) is 8.42 Å². The van der Waals surface area contributed by atoms with Crippen LogP contribution in [0.5, 0.6) is 5.75 Å². The van der Waals surface area contributed by atoms with Crippen molar-refractivity contribution in [3.63, 3.8) is 0 Å². The molecule has 0 aliphatic rings. The van der Waals surface area contributed by atoms with Gasteiger partial charge >= 0.3 is 0 Å². The molecule has 0 saturated carbocycles. The van der Waals surface area contributed by atoms with Gasteiger partial charge in [0.2, 0.25) is 0 Å². The topological polar surface area (TPSA) is 84.5 Å². The van der Waals surface area contributed by atoms with E-state index in [9.17, 15) is 13.2 Å². The smallest absolute Gasteiger partial charge is 0.261 e. The number of methoxy groups -OCH3 is 1. The fourth-order valence-electron chi connectivity index (χ4n) is 3.51. The number of amides is 1. The zero-order valence-corrected chi connectivity index (χ0v) is 20.1. The summed E-state index contributed by atoms with van der Waals surface area (Å²) in [6.07, 6.45) is 0.731. The summed E-state index contributed by atoms with van der Waals surface area (Å²) in [5, 5.41) is 3.08. The molecule has 1 amide bonds. The molecule has 0 unspecified atom stereocenters. The lowest BCUT2D eigenvalue weighted by atomic mass is 9.96. The minimum Gasteiger partial charge on any atom is -0.497 e. The Bertz CT molecular complexity index is 1190. The molecule has 3 aromatic carbocycles. The quantitative estimate of drug-likeness (QED) is 0.447. The zero-order valence-electron chi connectivity index (χ0n) is 19.3. The first-order valence-corrected chi connectivity index (χ1v) is 12.3. The molecule has 0 heterocycles. The molecule has 7 heteroatoms. The molecule has 0 saturated heterocycles. The van der Waals surface area contributed by atoms with E-state index in [-0.39, 0.29) is 28.1 Å². The van der Waals surface area contributed by atoms with Crippen LogP contribution in [0.25, 0.3) is 0 Å². The molecule has 174 valence electrons. The summed E-state index contributed by atoms with van der Waals surface area (Å²) < 4.78 is 33.6. The van der Waals surface area contributed by atoms with E-state index in [0.717, 1.165) is 23.3 Å². The maximum atomic E-state index is 13.3. The average Bonchev–Trinajstić information content (AvgIpc) is 2.78. The summed E-state index contributed by atoms with van der Waals surface area (Å²) in [6.45, 7) is 6.07. The third kappa shape index (κ3) is 6.35. The average molecular weight is 467 g/mol. The van der Waals surface area contributed by atoms with E-state index in [4.69, 9.17) is 4.74 Å². The maximum absolute atomic E-state index is 13.3. The number of benzene rings is 3. The lowest BCUT2D eigenvalue weighted by Gasteiger charge is -2.22. The number of hydrogen-bond acceptors (Lipinski definition) is 4. The van der Waals surface area contributed by atoms with Crippen molar-refractivity contribution in [2.45, 2.75) is 38.1 Å². The predicted molar refractivity (Wildman–Crippen MR) is 131 cm³/mol. The van der Waals surface area contributed by atoms with Gasteiger partial charge in [-0.05, 0) is 61.2 Å². The van der Waals surface area contributed by atoms with Crippen molar-refractivity contribution in [1.82, 2.24) is 5.32 Å². The van der Waals surface area contributed by atoms with Gasteiger partial charge in [-0.3, -0.25) is 9.52 Å². The highest BCUT2D eigenvalue weighted by molar-refractivity contribution is 7.92. The van der Waals surface area contributed by atoms with Crippen LogP contribution in [0.4, 0.5) is 5.69 Å². The third-order valence-corrected chi connectivity index (χ3v) is 6.66. The second-order valence-electron chi connectivity index (χ2n) is 8.39. The van der Waals surface area contributed by atoms with Crippen LogP contribution in [-0.4, -0.2) is 21.4 Å². The molecule has 0 bridgehead atoms. The number of carbonyl (C=O) groups is 1. The highest BCUT2D eigenvalue weighted by atomic mass is 32.2. The van der Waals surface area contributed by atoms with E-state index >= 15 is 0 Å². The largest absolute Gasteiger partial charge is 0.497 e. The standard InChI is InChI=1S/C26H30N2O4S/c1-18(2)17-25(20-11-13-21(32-4)14-12-20)27-26(29)23-7-5-6-8-24(23)28-33(30,31)22-15-9-19(3)10-16-22/h5-16,18,25,28H,17H2,1-4H3,(H,27,29)/t25-/m0/s1. The molecule has 0 radical (unpaired) electrons. The van der Waals surface area contributed by atoms with Gasteiger partial charge in [0.15, 0.2) is 0 Å². The molecule has 3 rings (SSSR count). The zero-order chi connectivity index (χ0) is 24.0. The van der Waals surface area contributed by atoms with Crippen LogP contribution in [-0.2, 0) is 10.0 Å². The molecule has 0 fully saturated rings. The molecule has 2 N–H and O–H groups in total. The minimum atomic E-state index is -3.84. The first kappa shape index (κ1) is 24.3. The Labute approximate surface area is 196 Å². The van der Waals surface area contributed by atoms with E-state index < -0.39 is 10.0 Å². The van der Waals surface area contributed by atoms with Crippen LogP contribution in [0.2, 0.25) is 0 Å². The molecular weight excluding hydrogens is 436 g/mol. The number of carbonyl (C=O) groups excluding carboxylic acids is 1. The van der Waals surface area contributed by atoms with E-state index in [2.05, 4.69) is 23.9 Å². The number of sulfonamides is 1. The number of hydrogen-bond donors (Lipinski definition) is 2. The van der Waals surface area contributed by atoms with Crippen LogP contribution in [0.3, 0.4) is 0 Å². The van der Waals surface area contributed by atoms with Gasteiger partial charge in [-0.1, -0.05) is 55.8 Å². The fraction of sp³-hybridized carbons (Fsp3) is 0.269. The molecule has 0 spiro atoms. The molecule has 0 aliphatic heterocycles. The third-order valence-electron chi connectivity index (χ3n) is 5.28. The molecule has 6 nitrogen and oxygen atoms in total. The first-order valence-electron chi connectivity index (χ1n) is 10.8. The number of nitrogens with one attached hydrogen (secondary N) is 2. The molecule has 33 heavy (non-hydrogen) atoms. The highest BCUT2D eigenvalue weighted by Gasteiger charge is 2.22. The summed E-state index contributed by atoms with van der Waals surface area (Å²) >= 11 is 0. The van der Waals surface area contributed by atoms with Crippen LogP contribution in [0, 0.1) is 12.8 Å². The minimum absolute atomic E-state index is 0.138. The Morgan fingerprint density at radius 2 is 1.58 bits per heavy atom. The SMILES string of the molecule is COc1ccc([C@H](CC(C)C)NC(=O)c2ccccc2NS(=O)(=O)c2ccc(C)cc2)cc1. The van der Waals surface area contributed by atoms with Crippen molar-refractivity contribution in [2.75, 3.05) is 11.8 Å². The van der Waals surface area contributed by atoms with Crippen molar-refractivity contribution in [3.05, 3.63) is 89.5 Å². The summed E-state index contributed by atoms with van der Waals surface area (Å²) in [7, 11) is -2.23. The van der Waals surface area contributed by atoms with Gasteiger partial charge in [0, 0.05) is 0 Å². The van der Waals surface area contributed by atoms with E-state index in [0.29, 0.717) is 5.92 Å². The van der Waals surface area contributed by atoms with E-state index in [1.165, 1.54) is 0 Å². The molecule has 0 aromatic heterocycles. The van der Waals surface area contributed by atoms with E-state index in [1.807, 2.05) is 31.2 Å². The normalized spacial score (nSPS) is 12.3. The van der Waals surface area contributed by atoms with Gasteiger partial charge in [0.1, 0.15) is 5.75 Å². The Morgan fingerprint density at radius 1 is 0.939 bits per heavy atom. The summed E-state index contributed by atoms with van der Waals surface area (Å²) in [5.74, 6) is 0.732. The highest BCUT2D eigenvalue weighted by Crippen LogP contribution is 2.26. The number of rotatable bonds is 9. The van der Waals surface area contributed by atoms with E-state index in [1.54, 1.807) is 55.6 Å². The van der Waals surface area contributed by atoms with Crippen LogP contribution in [0.15, 0.2) is 77.7 Å². The first-order chi connectivity index (χ1) is 15.7. The van der Waals surface area contributed by atoms with Crippen molar-refractivity contribution < 1.29 is 17.9 Å². The Kier molecular flexibility index (Phi) is 7.76. The molecule has 1 atom stereocenters. The second kappa shape index (κ2) is 10.5. The van der Waals surface area contributed by atoms with Gasteiger partial charge in [0.25, 0.3) is 15.9 Å². The van der Waals surface area contributed by atoms with Crippen molar-refractivity contribution >= 4 is 21.6 Å². The van der Waals surface area contributed by atoms with Crippen molar-refractivity contribution in [2.24, 2.45) is 5.92 Å². The molecule has 0 aliphatic carbocycles. The monoisotopic (exact) mass is 466 g/mol. The maximum Gasteiger partial charge on any atom is 0.261 e. The Hall–Kier alpha value is -3.32. The molecule has 3 aromatic rings. The second-order valence-corrected chi connectivity index (χ2v) is 10.1. The summed E-state index contributed by atoms with van der Waals surface area (Å²) in [4.78, 5) is 13.4. The van der Waals surface area contributed by atoms with Crippen LogP contribution < -0.4 is 14.8 Å². The number of aryl methyl sites for hydroxylation is 1. The van der Waals surface area contributed by atoms with Gasteiger partial charge in [-0.2, -0.15) is 0 Å². The van der Waals surface area contributed by atoms with Crippen LogP contribution >= 0.6 is 0 Å². The number of ether oxygens (including phenoxy) is 1. The van der Waals surface area contributed by atoms with Gasteiger partial charge in [-0.15, -0.1) is 0 Å². The fourth-order valence-corrected chi connectivity index (χ4v) is 4.59.